The molecule has 0 aliphatic heterocycles. The van der Waals surface area contributed by atoms with Crippen LogP contribution in [0.2, 0.25) is 0 Å². The SMILES string of the molecule is CC(=O)NC(CC(=O)Nc1c(C)cnn1Cc1cc(F)ccc1F)c1cccs1. The zero-order chi connectivity index (χ0) is 21.0. The molecule has 9 heteroatoms. The van der Waals surface area contributed by atoms with E-state index in [1.54, 1.807) is 6.92 Å². The summed E-state index contributed by atoms with van der Waals surface area (Å²) in [5.41, 5.74) is 0.806. The summed E-state index contributed by atoms with van der Waals surface area (Å²) >= 11 is 1.44. The zero-order valence-corrected chi connectivity index (χ0v) is 16.7. The summed E-state index contributed by atoms with van der Waals surface area (Å²) in [7, 11) is 0. The average Bonchev–Trinajstić information content (AvgIpc) is 3.29. The van der Waals surface area contributed by atoms with Crippen LogP contribution in [-0.2, 0) is 16.1 Å². The van der Waals surface area contributed by atoms with E-state index >= 15 is 0 Å². The van der Waals surface area contributed by atoms with Gasteiger partial charge in [-0.15, -0.1) is 11.3 Å². The Morgan fingerprint density at radius 2 is 2.07 bits per heavy atom. The van der Waals surface area contributed by atoms with Gasteiger partial charge in [-0.1, -0.05) is 6.07 Å². The van der Waals surface area contributed by atoms with E-state index in [0.29, 0.717) is 11.4 Å². The van der Waals surface area contributed by atoms with Crippen LogP contribution in [0.1, 0.15) is 35.4 Å². The number of anilines is 1. The zero-order valence-electron chi connectivity index (χ0n) is 15.9. The maximum absolute atomic E-state index is 14.0. The quantitative estimate of drug-likeness (QED) is 0.613. The van der Waals surface area contributed by atoms with Crippen molar-refractivity contribution in [3.63, 3.8) is 0 Å². The number of carbonyl (C=O) groups is 2. The molecular weight excluding hydrogens is 398 g/mol. The van der Waals surface area contributed by atoms with Crippen LogP contribution in [-0.4, -0.2) is 21.6 Å². The van der Waals surface area contributed by atoms with Crippen LogP contribution in [0.5, 0.6) is 0 Å². The standard InChI is InChI=1S/C20H20F2N4O2S/c1-12-10-23-26(11-14-8-15(21)5-6-16(14)22)20(12)25-19(28)9-17(24-13(2)27)18-4-3-7-29-18/h3-8,10,17H,9,11H2,1-2H3,(H,24,27)(H,25,28). The fourth-order valence-corrected chi connectivity index (χ4v) is 3.69. The number of amides is 2. The number of carbonyl (C=O) groups excluding carboxylic acids is 2. The fourth-order valence-electron chi connectivity index (χ4n) is 2.91. The number of benzene rings is 1. The molecule has 2 N–H and O–H groups in total. The number of hydrogen-bond acceptors (Lipinski definition) is 4. The molecule has 0 radical (unpaired) electrons. The molecule has 0 aliphatic rings. The van der Waals surface area contributed by atoms with Crippen molar-refractivity contribution in [2.75, 3.05) is 5.32 Å². The molecule has 2 heterocycles. The summed E-state index contributed by atoms with van der Waals surface area (Å²) in [4.78, 5) is 25.0. The van der Waals surface area contributed by atoms with E-state index in [2.05, 4.69) is 15.7 Å². The monoisotopic (exact) mass is 418 g/mol. The molecule has 3 rings (SSSR count). The Bertz CT molecular complexity index is 1020. The van der Waals surface area contributed by atoms with Crippen LogP contribution in [0, 0.1) is 18.6 Å². The predicted molar refractivity (Wildman–Crippen MR) is 107 cm³/mol. The van der Waals surface area contributed by atoms with Crippen molar-refractivity contribution in [1.82, 2.24) is 15.1 Å². The first-order valence-corrected chi connectivity index (χ1v) is 9.78. The summed E-state index contributed by atoms with van der Waals surface area (Å²) in [6.07, 6.45) is 1.57. The van der Waals surface area contributed by atoms with Gasteiger partial charge in [0, 0.05) is 22.9 Å². The molecule has 152 valence electrons. The number of aryl methyl sites for hydroxylation is 1. The summed E-state index contributed by atoms with van der Waals surface area (Å²) in [6, 6.07) is 6.44. The van der Waals surface area contributed by atoms with Crippen LogP contribution in [0.25, 0.3) is 0 Å². The van der Waals surface area contributed by atoms with Gasteiger partial charge in [0.05, 0.1) is 25.2 Å². The van der Waals surface area contributed by atoms with Crippen LogP contribution in [0.3, 0.4) is 0 Å². The highest BCUT2D eigenvalue weighted by atomic mass is 32.1. The molecular formula is C20H20F2N4O2S. The molecule has 0 spiro atoms. The topological polar surface area (TPSA) is 76.0 Å². The van der Waals surface area contributed by atoms with Crippen molar-refractivity contribution in [2.24, 2.45) is 0 Å². The minimum atomic E-state index is -0.555. The maximum Gasteiger partial charge on any atom is 0.227 e. The van der Waals surface area contributed by atoms with Crippen molar-refractivity contribution in [3.8, 4) is 0 Å². The highest BCUT2D eigenvalue weighted by molar-refractivity contribution is 7.10. The van der Waals surface area contributed by atoms with Crippen LogP contribution in [0.4, 0.5) is 14.6 Å². The molecule has 0 aliphatic carbocycles. The van der Waals surface area contributed by atoms with Gasteiger partial charge in [0.15, 0.2) is 0 Å². The minimum absolute atomic E-state index is 0.0268. The third-order valence-electron chi connectivity index (χ3n) is 4.26. The maximum atomic E-state index is 14.0. The molecule has 6 nitrogen and oxygen atoms in total. The minimum Gasteiger partial charge on any atom is -0.348 e. The summed E-state index contributed by atoms with van der Waals surface area (Å²) < 4.78 is 28.8. The molecule has 1 aromatic carbocycles. The van der Waals surface area contributed by atoms with Gasteiger partial charge in [0.1, 0.15) is 17.5 Å². The molecule has 3 aromatic rings. The molecule has 0 saturated heterocycles. The lowest BCUT2D eigenvalue weighted by Crippen LogP contribution is -2.29. The summed E-state index contributed by atoms with van der Waals surface area (Å²) in [5, 5.41) is 11.6. The first kappa shape index (κ1) is 20.7. The molecule has 1 atom stereocenters. The molecule has 1 unspecified atom stereocenters. The van der Waals surface area contributed by atoms with E-state index in [1.807, 2.05) is 17.5 Å². The molecule has 29 heavy (non-hydrogen) atoms. The normalized spacial score (nSPS) is 11.9. The van der Waals surface area contributed by atoms with Gasteiger partial charge in [-0.25, -0.2) is 13.5 Å². The molecule has 2 aromatic heterocycles. The van der Waals surface area contributed by atoms with Gasteiger partial charge in [0.25, 0.3) is 0 Å². The van der Waals surface area contributed by atoms with E-state index < -0.39 is 17.7 Å². The van der Waals surface area contributed by atoms with Crippen LogP contribution in [0.15, 0.2) is 41.9 Å². The highest BCUT2D eigenvalue weighted by Gasteiger charge is 2.20. The van der Waals surface area contributed by atoms with E-state index in [0.717, 1.165) is 23.1 Å². The Kier molecular flexibility index (Phi) is 6.38. The Hall–Kier alpha value is -3.07. The average molecular weight is 418 g/mol. The number of halogens is 2. The second kappa shape index (κ2) is 8.95. The van der Waals surface area contributed by atoms with E-state index in [-0.39, 0.29) is 30.3 Å². The van der Waals surface area contributed by atoms with Crippen LogP contribution >= 0.6 is 11.3 Å². The van der Waals surface area contributed by atoms with Gasteiger partial charge in [-0.05, 0) is 36.6 Å². The van der Waals surface area contributed by atoms with E-state index in [4.69, 9.17) is 0 Å². The van der Waals surface area contributed by atoms with Gasteiger partial charge in [-0.2, -0.15) is 5.10 Å². The third-order valence-corrected chi connectivity index (χ3v) is 5.25. The summed E-state index contributed by atoms with van der Waals surface area (Å²) in [6.45, 7) is 3.12. The predicted octanol–water partition coefficient (Wildman–Crippen LogP) is 3.79. The van der Waals surface area contributed by atoms with Crippen molar-refractivity contribution in [2.45, 2.75) is 32.9 Å². The molecule has 0 bridgehead atoms. The summed E-state index contributed by atoms with van der Waals surface area (Å²) in [5.74, 6) is -1.28. The van der Waals surface area contributed by atoms with E-state index in [9.17, 15) is 18.4 Å². The van der Waals surface area contributed by atoms with Crippen molar-refractivity contribution >= 4 is 29.0 Å². The molecule has 0 saturated carbocycles. The Morgan fingerprint density at radius 3 is 2.76 bits per heavy atom. The van der Waals surface area contributed by atoms with Crippen LogP contribution < -0.4 is 10.6 Å². The Morgan fingerprint density at radius 1 is 1.28 bits per heavy atom. The molecule has 2 amide bonds. The third kappa shape index (κ3) is 5.26. The fraction of sp³-hybridized carbons (Fsp3) is 0.250. The first-order chi connectivity index (χ1) is 13.8. The van der Waals surface area contributed by atoms with Crippen molar-refractivity contribution in [3.05, 3.63) is 69.5 Å². The van der Waals surface area contributed by atoms with E-state index in [1.165, 1.54) is 29.1 Å². The Labute approximate surface area is 170 Å². The lowest BCUT2D eigenvalue weighted by atomic mass is 10.1. The highest BCUT2D eigenvalue weighted by Crippen LogP contribution is 2.24. The Balaban J connectivity index is 1.76. The van der Waals surface area contributed by atoms with Crippen molar-refractivity contribution in [1.29, 1.82) is 0 Å². The first-order valence-electron chi connectivity index (χ1n) is 8.90. The number of hydrogen-bond donors (Lipinski definition) is 2. The number of thiophene rings is 1. The lowest BCUT2D eigenvalue weighted by Gasteiger charge is -2.17. The smallest absolute Gasteiger partial charge is 0.227 e. The number of nitrogens with one attached hydrogen (secondary N) is 2. The van der Waals surface area contributed by atoms with Gasteiger partial charge >= 0.3 is 0 Å². The van der Waals surface area contributed by atoms with Gasteiger partial charge < -0.3 is 10.6 Å². The molecule has 0 fully saturated rings. The largest absolute Gasteiger partial charge is 0.348 e. The lowest BCUT2D eigenvalue weighted by molar-refractivity contribution is -0.120. The van der Waals surface area contributed by atoms with Gasteiger partial charge in [0.2, 0.25) is 11.8 Å². The second-order valence-corrected chi connectivity index (χ2v) is 7.57. The second-order valence-electron chi connectivity index (χ2n) is 6.59. The van der Waals surface area contributed by atoms with Gasteiger partial charge in [-0.3, -0.25) is 9.59 Å². The number of nitrogens with zero attached hydrogens (tertiary/aromatic N) is 2. The number of rotatable bonds is 7. The van der Waals surface area contributed by atoms with Crippen molar-refractivity contribution < 1.29 is 18.4 Å². The number of aromatic nitrogens is 2.